The number of primary amides is 1. The van der Waals surface area contributed by atoms with Crippen LogP contribution in [0.4, 0.5) is 0 Å². The monoisotopic (exact) mass is 646 g/mol. The predicted octanol–water partition coefficient (Wildman–Crippen LogP) is -4.74. The quantitative estimate of drug-likeness (QED) is 0.0823. The zero-order chi connectivity index (χ0) is 34.2. The predicted molar refractivity (Wildman–Crippen MR) is 148 cm³/mol. The van der Waals surface area contributed by atoms with Crippen LogP contribution in [-0.4, -0.2) is 135 Å². The third-order valence-corrected chi connectivity index (χ3v) is 7.12. The van der Waals surface area contributed by atoms with Crippen LogP contribution in [0.15, 0.2) is 0 Å². The van der Waals surface area contributed by atoms with Gasteiger partial charge in [-0.1, -0.05) is 0 Å². The standard InChI is InChI=1S/C26H42N6O13/c1-11(43-22-20(29-14(4)34)26(42)44-16(10-33)21(22)38)9-31(13(3)25(41)45-32-18(36)7-8-19(32)37)17(35)6-5-15(23(28)39)30-24(40)12(2)27/h11-13,15-16,20-22,26,33,38,42H,5-10,27H2,1-4H3,(H2,28,39)(H,29,34)(H,30,40)/t11?,12-,13-,15+,16+,20+,21+,22+,26-/m0/s1. The van der Waals surface area contributed by atoms with Crippen LogP contribution in [0.3, 0.4) is 0 Å². The number of rotatable bonds is 15. The zero-order valence-corrected chi connectivity index (χ0v) is 25.4. The number of aliphatic hydroxyl groups excluding tert-OH is 3. The molecule has 0 aromatic rings. The average molecular weight is 647 g/mol. The number of hydroxylamine groups is 2. The van der Waals surface area contributed by atoms with E-state index in [-0.39, 0.29) is 19.3 Å². The van der Waals surface area contributed by atoms with Crippen LogP contribution in [0.25, 0.3) is 0 Å². The normalized spacial score (nSPS) is 26.0. The summed E-state index contributed by atoms with van der Waals surface area (Å²) in [5.41, 5.74) is 10.9. The van der Waals surface area contributed by atoms with Crippen LogP contribution in [0.2, 0.25) is 0 Å². The van der Waals surface area contributed by atoms with Crippen molar-refractivity contribution in [3.8, 4) is 0 Å². The van der Waals surface area contributed by atoms with Crippen LogP contribution >= 0.6 is 0 Å². The molecule has 19 heteroatoms. The minimum absolute atomic E-state index is 0.167. The van der Waals surface area contributed by atoms with Gasteiger partial charge in [0.1, 0.15) is 36.4 Å². The number of aliphatic hydroxyl groups is 3. The fourth-order valence-corrected chi connectivity index (χ4v) is 4.65. The average Bonchev–Trinajstić information content (AvgIpc) is 3.28. The Kier molecular flexibility index (Phi) is 13.8. The highest BCUT2D eigenvalue weighted by Crippen LogP contribution is 2.24. The lowest BCUT2D eigenvalue weighted by Gasteiger charge is -2.43. The Morgan fingerprint density at radius 2 is 1.71 bits per heavy atom. The Hall–Kier alpha value is -3.75. The van der Waals surface area contributed by atoms with Crippen molar-refractivity contribution in [3.63, 3.8) is 0 Å². The van der Waals surface area contributed by atoms with Crippen molar-refractivity contribution in [2.45, 2.75) is 108 Å². The molecule has 2 saturated heterocycles. The van der Waals surface area contributed by atoms with Gasteiger partial charge in [-0.05, 0) is 27.2 Å². The topological polar surface area (TPSA) is 290 Å². The molecule has 9 atom stereocenters. The summed E-state index contributed by atoms with van der Waals surface area (Å²) in [7, 11) is 0. The molecule has 0 radical (unpaired) electrons. The first kappa shape index (κ1) is 37.4. The van der Waals surface area contributed by atoms with Gasteiger partial charge >= 0.3 is 5.97 Å². The van der Waals surface area contributed by atoms with Crippen molar-refractivity contribution in [2.24, 2.45) is 11.5 Å². The number of hydrogen-bond acceptors (Lipinski definition) is 14. The summed E-state index contributed by atoms with van der Waals surface area (Å²) >= 11 is 0. The molecule has 19 nitrogen and oxygen atoms in total. The van der Waals surface area contributed by atoms with Gasteiger partial charge in [0, 0.05) is 32.7 Å². The number of nitrogens with two attached hydrogens (primary N) is 2. The number of hydrogen-bond donors (Lipinski definition) is 7. The van der Waals surface area contributed by atoms with Gasteiger partial charge in [0.25, 0.3) is 11.8 Å². The summed E-state index contributed by atoms with van der Waals surface area (Å²) < 4.78 is 11.1. The fourth-order valence-electron chi connectivity index (χ4n) is 4.65. The van der Waals surface area contributed by atoms with Gasteiger partial charge < -0.3 is 56.6 Å². The van der Waals surface area contributed by atoms with Crippen molar-refractivity contribution in [1.82, 2.24) is 20.6 Å². The Balaban J connectivity index is 2.29. The van der Waals surface area contributed by atoms with E-state index < -0.39 is 116 Å². The first-order valence-electron chi connectivity index (χ1n) is 14.3. The summed E-state index contributed by atoms with van der Waals surface area (Å²) in [6.07, 6.45) is -8.02. The zero-order valence-electron chi connectivity index (χ0n) is 25.4. The van der Waals surface area contributed by atoms with Crippen molar-refractivity contribution >= 4 is 41.4 Å². The van der Waals surface area contributed by atoms with E-state index >= 15 is 0 Å². The molecule has 6 amide bonds. The number of ether oxygens (including phenoxy) is 2. The molecule has 0 bridgehead atoms. The number of amides is 6. The van der Waals surface area contributed by atoms with Gasteiger partial charge in [0.05, 0.1) is 18.8 Å². The maximum atomic E-state index is 13.5. The van der Waals surface area contributed by atoms with Gasteiger partial charge in [0.15, 0.2) is 6.29 Å². The minimum Gasteiger partial charge on any atom is -0.394 e. The van der Waals surface area contributed by atoms with E-state index in [1.807, 2.05) is 0 Å². The van der Waals surface area contributed by atoms with Crippen LogP contribution in [-0.2, 0) is 47.9 Å². The first-order valence-corrected chi connectivity index (χ1v) is 14.3. The van der Waals surface area contributed by atoms with Gasteiger partial charge in [-0.2, -0.15) is 0 Å². The molecule has 254 valence electrons. The van der Waals surface area contributed by atoms with Crippen LogP contribution in [0.1, 0.15) is 53.4 Å². The van der Waals surface area contributed by atoms with Gasteiger partial charge in [-0.3, -0.25) is 28.8 Å². The SMILES string of the molecule is CC(=O)N[C@@H]1[C@@H](OC(C)CN(C(=O)CC[C@@H](NC(=O)[C@H](C)N)C(N)=O)[C@@H](C)C(=O)ON2C(=O)CCC2=O)[C@H](O)[C@@H](CO)O[C@@H]1O. The summed E-state index contributed by atoms with van der Waals surface area (Å²) in [5.74, 6) is -5.68. The van der Waals surface area contributed by atoms with Crippen molar-refractivity contribution in [1.29, 1.82) is 0 Å². The molecule has 0 aromatic heterocycles. The second kappa shape index (κ2) is 16.5. The van der Waals surface area contributed by atoms with E-state index in [4.69, 9.17) is 25.8 Å². The van der Waals surface area contributed by atoms with E-state index in [1.165, 1.54) is 20.8 Å². The van der Waals surface area contributed by atoms with Crippen molar-refractivity contribution < 1.29 is 63.2 Å². The number of imide groups is 1. The smallest absolute Gasteiger partial charge is 0.355 e. The fraction of sp³-hybridized carbons (Fsp3) is 0.731. The molecule has 0 saturated carbocycles. The van der Waals surface area contributed by atoms with E-state index in [0.29, 0.717) is 5.06 Å². The molecule has 2 heterocycles. The first-order chi connectivity index (χ1) is 21.0. The highest BCUT2D eigenvalue weighted by atomic mass is 16.7. The minimum atomic E-state index is -1.69. The van der Waals surface area contributed by atoms with Crippen molar-refractivity contribution in [3.05, 3.63) is 0 Å². The molecule has 2 aliphatic heterocycles. The maximum absolute atomic E-state index is 13.5. The van der Waals surface area contributed by atoms with Crippen LogP contribution in [0.5, 0.6) is 0 Å². The Bertz CT molecular complexity index is 1120. The van der Waals surface area contributed by atoms with E-state index in [1.54, 1.807) is 0 Å². The van der Waals surface area contributed by atoms with Crippen molar-refractivity contribution in [2.75, 3.05) is 13.2 Å². The lowest BCUT2D eigenvalue weighted by molar-refractivity contribution is -0.268. The molecule has 0 aromatic carbocycles. The highest BCUT2D eigenvalue weighted by molar-refractivity contribution is 6.02. The second-order valence-corrected chi connectivity index (χ2v) is 10.9. The molecular formula is C26H42N6O13. The Labute approximate surface area is 258 Å². The largest absolute Gasteiger partial charge is 0.394 e. The van der Waals surface area contributed by atoms with E-state index in [9.17, 15) is 48.9 Å². The molecule has 0 spiro atoms. The van der Waals surface area contributed by atoms with E-state index in [2.05, 4.69) is 10.6 Å². The maximum Gasteiger partial charge on any atom is 0.355 e. The second-order valence-electron chi connectivity index (χ2n) is 10.9. The summed E-state index contributed by atoms with van der Waals surface area (Å²) in [6.45, 7) is 4.10. The summed E-state index contributed by atoms with van der Waals surface area (Å²) in [5, 5.41) is 35.8. The van der Waals surface area contributed by atoms with Crippen LogP contribution in [0, 0.1) is 0 Å². The molecule has 9 N–H and O–H groups in total. The molecule has 45 heavy (non-hydrogen) atoms. The molecule has 2 rings (SSSR count). The number of carbonyl (C=O) groups is 7. The third kappa shape index (κ3) is 10.1. The summed E-state index contributed by atoms with van der Waals surface area (Å²) in [6, 6.07) is -5.02. The molecule has 2 fully saturated rings. The lowest BCUT2D eigenvalue weighted by Crippen LogP contribution is -2.65. The molecule has 1 unspecified atom stereocenters. The van der Waals surface area contributed by atoms with Crippen LogP contribution < -0.4 is 22.1 Å². The highest BCUT2D eigenvalue weighted by Gasteiger charge is 2.47. The number of nitrogens with zero attached hydrogens (tertiary/aromatic N) is 2. The number of carbonyl (C=O) groups excluding carboxylic acids is 7. The van der Waals surface area contributed by atoms with Gasteiger partial charge in [0.2, 0.25) is 23.6 Å². The molecule has 0 aliphatic carbocycles. The molecular weight excluding hydrogens is 604 g/mol. The number of nitrogens with one attached hydrogen (secondary N) is 2. The summed E-state index contributed by atoms with van der Waals surface area (Å²) in [4.78, 5) is 92.1. The molecule has 2 aliphatic rings. The third-order valence-electron chi connectivity index (χ3n) is 7.12. The van der Waals surface area contributed by atoms with E-state index in [0.717, 1.165) is 11.8 Å². The lowest BCUT2D eigenvalue weighted by atomic mass is 9.96. The van der Waals surface area contributed by atoms with Gasteiger partial charge in [-0.25, -0.2) is 4.79 Å². The van der Waals surface area contributed by atoms with Gasteiger partial charge in [-0.15, -0.1) is 5.06 Å². The Morgan fingerprint density at radius 1 is 1.11 bits per heavy atom. The Morgan fingerprint density at radius 3 is 2.22 bits per heavy atom.